The molecule has 1 aromatic rings. The molecule has 0 aliphatic heterocycles. The molecule has 1 fully saturated rings. The van der Waals surface area contributed by atoms with Crippen LogP contribution >= 0.6 is 0 Å². The average molecular weight is 204 g/mol. The van der Waals surface area contributed by atoms with Gasteiger partial charge in [0.2, 0.25) is 0 Å². The van der Waals surface area contributed by atoms with E-state index in [1.807, 2.05) is 24.4 Å². The van der Waals surface area contributed by atoms with Crippen LogP contribution in [0, 0.1) is 11.8 Å². The van der Waals surface area contributed by atoms with Crippen molar-refractivity contribution in [3.05, 3.63) is 24.4 Å². The summed E-state index contributed by atoms with van der Waals surface area (Å²) in [5.41, 5.74) is 0. The predicted octanol–water partition coefficient (Wildman–Crippen LogP) is 3.32. The summed E-state index contributed by atoms with van der Waals surface area (Å²) < 4.78 is 0. The van der Waals surface area contributed by atoms with Crippen molar-refractivity contribution >= 4 is 5.82 Å². The Kier molecular flexibility index (Phi) is 3.24. The third kappa shape index (κ3) is 2.71. The van der Waals surface area contributed by atoms with E-state index < -0.39 is 0 Å². The van der Waals surface area contributed by atoms with E-state index in [1.165, 1.54) is 19.3 Å². The van der Waals surface area contributed by atoms with E-state index in [1.54, 1.807) is 0 Å². The van der Waals surface area contributed by atoms with Gasteiger partial charge in [0.25, 0.3) is 0 Å². The lowest BCUT2D eigenvalue weighted by Gasteiger charge is -2.32. The van der Waals surface area contributed by atoms with Gasteiger partial charge in [-0.15, -0.1) is 0 Å². The lowest BCUT2D eigenvalue weighted by atomic mass is 9.79. The van der Waals surface area contributed by atoms with E-state index >= 15 is 0 Å². The molecular weight excluding hydrogens is 184 g/mol. The SMILES string of the molecule is CC1CCC(Nc2ccccn2)CC1C. The molecule has 3 unspecified atom stereocenters. The summed E-state index contributed by atoms with van der Waals surface area (Å²) in [6.45, 7) is 4.72. The summed E-state index contributed by atoms with van der Waals surface area (Å²) in [7, 11) is 0. The molecule has 2 rings (SSSR count). The van der Waals surface area contributed by atoms with E-state index in [0.717, 1.165) is 17.7 Å². The van der Waals surface area contributed by atoms with Gasteiger partial charge in [-0.1, -0.05) is 19.9 Å². The van der Waals surface area contributed by atoms with Crippen molar-refractivity contribution in [2.45, 2.75) is 39.2 Å². The van der Waals surface area contributed by atoms with E-state index in [-0.39, 0.29) is 0 Å². The molecule has 1 heterocycles. The molecule has 0 bridgehead atoms. The highest BCUT2D eigenvalue weighted by Gasteiger charge is 2.24. The molecule has 1 N–H and O–H groups in total. The van der Waals surface area contributed by atoms with Crippen molar-refractivity contribution in [3.8, 4) is 0 Å². The highest BCUT2D eigenvalue weighted by Crippen LogP contribution is 2.30. The number of hydrogen-bond donors (Lipinski definition) is 1. The van der Waals surface area contributed by atoms with Crippen LogP contribution in [0.2, 0.25) is 0 Å². The van der Waals surface area contributed by atoms with Crippen LogP contribution in [0.25, 0.3) is 0 Å². The highest BCUT2D eigenvalue weighted by molar-refractivity contribution is 5.34. The number of anilines is 1. The number of pyridine rings is 1. The van der Waals surface area contributed by atoms with E-state index in [0.29, 0.717) is 6.04 Å². The Morgan fingerprint density at radius 1 is 1.20 bits per heavy atom. The van der Waals surface area contributed by atoms with Gasteiger partial charge in [0, 0.05) is 12.2 Å². The third-order valence-corrected chi connectivity index (χ3v) is 3.62. The topological polar surface area (TPSA) is 24.9 Å². The third-order valence-electron chi connectivity index (χ3n) is 3.62. The summed E-state index contributed by atoms with van der Waals surface area (Å²) >= 11 is 0. The second kappa shape index (κ2) is 4.65. The Morgan fingerprint density at radius 3 is 2.73 bits per heavy atom. The first-order chi connectivity index (χ1) is 7.25. The molecular formula is C13H20N2. The molecule has 2 nitrogen and oxygen atoms in total. The molecule has 15 heavy (non-hydrogen) atoms. The van der Waals surface area contributed by atoms with E-state index in [9.17, 15) is 0 Å². The molecule has 2 heteroatoms. The summed E-state index contributed by atoms with van der Waals surface area (Å²) in [5.74, 6) is 2.73. The first-order valence-corrected chi connectivity index (χ1v) is 5.93. The minimum Gasteiger partial charge on any atom is -0.367 e. The molecule has 3 atom stereocenters. The summed E-state index contributed by atoms with van der Waals surface area (Å²) in [5, 5.41) is 3.52. The van der Waals surface area contributed by atoms with Gasteiger partial charge in [0.1, 0.15) is 5.82 Å². The van der Waals surface area contributed by atoms with Gasteiger partial charge >= 0.3 is 0 Å². The second-order valence-electron chi connectivity index (χ2n) is 4.82. The maximum Gasteiger partial charge on any atom is 0.126 e. The standard InChI is InChI=1S/C13H20N2/c1-10-6-7-12(9-11(10)2)15-13-5-3-4-8-14-13/h3-5,8,10-12H,6-7,9H2,1-2H3,(H,14,15). The number of nitrogens with one attached hydrogen (secondary N) is 1. The normalized spacial score (nSPS) is 31.2. The van der Waals surface area contributed by atoms with E-state index in [4.69, 9.17) is 0 Å². The van der Waals surface area contributed by atoms with Gasteiger partial charge in [0.15, 0.2) is 0 Å². The van der Waals surface area contributed by atoms with Crippen molar-refractivity contribution in [1.82, 2.24) is 4.98 Å². The van der Waals surface area contributed by atoms with E-state index in [2.05, 4.69) is 24.1 Å². The summed E-state index contributed by atoms with van der Waals surface area (Å²) in [6.07, 6.45) is 5.74. The van der Waals surface area contributed by atoms with Crippen LogP contribution in [-0.2, 0) is 0 Å². The number of hydrogen-bond acceptors (Lipinski definition) is 2. The molecule has 82 valence electrons. The van der Waals surface area contributed by atoms with Crippen LogP contribution in [0.3, 0.4) is 0 Å². The number of nitrogens with zero attached hydrogens (tertiary/aromatic N) is 1. The zero-order valence-corrected chi connectivity index (χ0v) is 9.61. The van der Waals surface area contributed by atoms with Crippen LogP contribution in [0.4, 0.5) is 5.82 Å². The quantitative estimate of drug-likeness (QED) is 0.799. The monoisotopic (exact) mass is 204 g/mol. The Hall–Kier alpha value is -1.05. The molecule has 1 saturated carbocycles. The fourth-order valence-corrected chi connectivity index (χ4v) is 2.34. The lowest BCUT2D eigenvalue weighted by Crippen LogP contribution is -2.30. The van der Waals surface area contributed by atoms with Gasteiger partial charge < -0.3 is 5.32 Å². The maximum atomic E-state index is 4.31. The molecule has 0 aromatic carbocycles. The molecule has 1 aromatic heterocycles. The number of aromatic nitrogens is 1. The fourth-order valence-electron chi connectivity index (χ4n) is 2.34. The van der Waals surface area contributed by atoms with Crippen LogP contribution < -0.4 is 5.32 Å². The van der Waals surface area contributed by atoms with Crippen LogP contribution in [0.1, 0.15) is 33.1 Å². The molecule has 0 amide bonds. The van der Waals surface area contributed by atoms with Crippen molar-refractivity contribution in [1.29, 1.82) is 0 Å². The van der Waals surface area contributed by atoms with Gasteiger partial charge in [0.05, 0.1) is 0 Å². The average Bonchev–Trinajstić information content (AvgIpc) is 2.25. The smallest absolute Gasteiger partial charge is 0.126 e. The zero-order valence-electron chi connectivity index (χ0n) is 9.61. The Morgan fingerprint density at radius 2 is 2.07 bits per heavy atom. The molecule has 0 spiro atoms. The molecule has 1 aliphatic rings. The largest absolute Gasteiger partial charge is 0.367 e. The predicted molar refractivity (Wildman–Crippen MR) is 63.8 cm³/mol. The number of rotatable bonds is 2. The van der Waals surface area contributed by atoms with Gasteiger partial charge in [-0.3, -0.25) is 0 Å². The first-order valence-electron chi connectivity index (χ1n) is 5.93. The minimum atomic E-state index is 0.617. The summed E-state index contributed by atoms with van der Waals surface area (Å²) in [6, 6.07) is 6.65. The van der Waals surface area contributed by atoms with Crippen LogP contribution in [0.15, 0.2) is 24.4 Å². The van der Waals surface area contributed by atoms with Gasteiger partial charge in [-0.25, -0.2) is 4.98 Å². The maximum absolute atomic E-state index is 4.31. The van der Waals surface area contributed by atoms with Crippen molar-refractivity contribution in [2.24, 2.45) is 11.8 Å². The fraction of sp³-hybridized carbons (Fsp3) is 0.615. The van der Waals surface area contributed by atoms with Crippen LogP contribution in [0.5, 0.6) is 0 Å². The van der Waals surface area contributed by atoms with Crippen LogP contribution in [-0.4, -0.2) is 11.0 Å². The van der Waals surface area contributed by atoms with Gasteiger partial charge in [-0.05, 0) is 43.2 Å². The van der Waals surface area contributed by atoms with Gasteiger partial charge in [-0.2, -0.15) is 0 Å². The molecule has 0 radical (unpaired) electrons. The Balaban J connectivity index is 1.91. The summed E-state index contributed by atoms with van der Waals surface area (Å²) in [4.78, 5) is 4.31. The second-order valence-corrected chi connectivity index (χ2v) is 4.82. The first kappa shape index (κ1) is 10.5. The highest BCUT2D eigenvalue weighted by atomic mass is 15.0. The van der Waals surface area contributed by atoms with Crippen molar-refractivity contribution < 1.29 is 0 Å². The minimum absolute atomic E-state index is 0.617. The Labute approximate surface area is 92.1 Å². The zero-order chi connectivity index (χ0) is 10.7. The Bertz CT molecular complexity index is 297. The van der Waals surface area contributed by atoms with Crippen molar-refractivity contribution in [3.63, 3.8) is 0 Å². The molecule has 0 saturated heterocycles. The lowest BCUT2D eigenvalue weighted by molar-refractivity contribution is 0.260. The van der Waals surface area contributed by atoms with Crippen molar-refractivity contribution in [2.75, 3.05) is 5.32 Å². The molecule has 1 aliphatic carbocycles.